The Morgan fingerprint density at radius 2 is 1.54 bits per heavy atom. The van der Waals surface area contributed by atoms with E-state index in [2.05, 4.69) is 35.1 Å². The quantitative estimate of drug-likeness (QED) is 0.115. The highest BCUT2D eigenvalue weighted by atomic mass is 16.5. The van der Waals surface area contributed by atoms with Crippen LogP contribution < -0.4 is 47.9 Å². The summed E-state index contributed by atoms with van der Waals surface area (Å²) < 4.78 is 12.1. The first-order chi connectivity index (χ1) is 28.2. The summed E-state index contributed by atoms with van der Waals surface area (Å²) in [6, 6.07) is 14.1. The third-order valence-corrected chi connectivity index (χ3v) is 9.18. The van der Waals surface area contributed by atoms with Crippen LogP contribution in [0.25, 0.3) is 11.1 Å². The lowest BCUT2D eigenvalue weighted by Crippen LogP contribution is -2.55. The van der Waals surface area contributed by atoms with E-state index in [9.17, 15) is 24.0 Å². The minimum absolute atomic E-state index is 0.0275. The van der Waals surface area contributed by atoms with Gasteiger partial charge in [0.2, 0.25) is 23.6 Å². The predicted molar refractivity (Wildman–Crippen MR) is 225 cm³/mol. The van der Waals surface area contributed by atoms with E-state index in [1.54, 1.807) is 42.5 Å². The van der Waals surface area contributed by atoms with Gasteiger partial charge in [0, 0.05) is 43.2 Å². The Bertz CT molecular complexity index is 1980. The number of carbonyl (C=O) groups is 5. The summed E-state index contributed by atoms with van der Waals surface area (Å²) in [5.41, 5.74) is 20.7. The lowest BCUT2D eigenvalue weighted by Gasteiger charge is -2.30. The number of carbonyl (C=O) groups excluding carboxylic acids is 5. The predicted octanol–water partition coefficient (Wildman–Crippen LogP) is 1.62. The van der Waals surface area contributed by atoms with E-state index >= 15 is 0 Å². The summed E-state index contributed by atoms with van der Waals surface area (Å²) in [5.74, 6) is -1.73. The van der Waals surface area contributed by atoms with Crippen LogP contribution in [0, 0.1) is 24.2 Å². The second-order valence-corrected chi connectivity index (χ2v) is 14.5. The van der Waals surface area contributed by atoms with Crippen LogP contribution in [0.3, 0.4) is 0 Å². The maximum atomic E-state index is 14.2. The SMILES string of the molecule is CCN.Cc1cc(CC(C)C)ccc1C(=O)NCC(=O)N(C)C1C(=O)N[C@@H](C)C(=O)NC(C(=O)NCC#N)Cc2ccc(OCCN)c(c2)-c2cc1ccc2OCCN. The number of nitriles is 1. The number of rotatable bonds is 14. The maximum Gasteiger partial charge on any atom is 0.251 e. The number of likely N-dealkylation sites (N-methyl/N-ethyl adjacent to an activating group) is 1. The van der Waals surface area contributed by atoms with Gasteiger partial charge in [0.15, 0.2) is 0 Å². The number of nitrogens with one attached hydrogen (secondary N) is 4. The van der Waals surface area contributed by atoms with Gasteiger partial charge in [0.25, 0.3) is 5.91 Å². The van der Waals surface area contributed by atoms with Crippen molar-refractivity contribution in [2.45, 2.75) is 65.6 Å². The van der Waals surface area contributed by atoms with Crippen molar-refractivity contribution in [3.63, 3.8) is 0 Å². The molecule has 3 atom stereocenters. The van der Waals surface area contributed by atoms with Crippen molar-refractivity contribution in [1.82, 2.24) is 26.2 Å². The second-order valence-electron chi connectivity index (χ2n) is 14.5. The molecule has 0 saturated carbocycles. The number of nitrogens with zero attached hydrogens (tertiary/aromatic N) is 2. The molecule has 59 heavy (non-hydrogen) atoms. The average molecular weight is 814 g/mol. The van der Waals surface area contributed by atoms with Crippen molar-refractivity contribution in [3.8, 4) is 28.7 Å². The van der Waals surface area contributed by atoms with Crippen LogP contribution in [0.5, 0.6) is 11.5 Å². The molecule has 4 bridgehead atoms. The summed E-state index contributed by atoms with van der Waals surface area (Å²) in [7, 11) is 1.43. The summed E-state index contributed by atoms with van der Waals surface area (Å²) in [6.45, 7) is 10.2. The molecule has 16 heteroatoms. The average Bonchev–Trinajstić information content (AvgIpc) is 3.20. The van der Waals surface area contributed by atoms with E-state index in [1.165, 1.54) is 18.9 Å². The Kier molecular flexibility index (Phi) is 18.8. The van der Waals surface area contributed by atoms with Crippen LogP contribution >= 0.6 is 0 Å². The zero-order valence-corrected chi connectivity index (χ0v) is 34.9. The van der Waals surface area contributed by atoms with E-state index in [0.29, 0.717) is 45.2 Å². The van der Waals surface area contributed by atoms with Gasteiger partial charge in [-0.3, -0.25) is 24.0 Å². The van der Waals surface area contributed by atoms with Gasteiger partial charge in [0.05, 0.1) is 12.6 Å². The standard InChI is InChI=1S/C41H52N8O7.C2H7N/c1-24(2)18-27-6-9-30(25(3)19-27)39(52)46-23-36(50)49(5)37-29-8-11-35(56-17-14-44)32(22-29)31-20-28(7-10-34(31)55-16-13-43)21-33(40(53)45-15-12-42)48-38(51)26(4)47-41(37)54;1-2-3/h6-11,19-20,22,24,26,33,37H,13-18,21,23,43-44H2,1-5H3,(H,45,53)(H,46,52)(H,47,54)(H,48,51);2-3H2,1H3/t26-,33?,37?;/m0./s1. The van der Waals surface area contributed by atoms with Gasteiger partial charge >= 0.3 is 0 Å². The molecular weight excluding hydrogens is 755 g/mol. The van der Waals surface area contributed by atoms with E-state index in [1.807, 2.05) is 32.0 Å². The fourth-order valence-electron chi connectivity index (χ4n) is 6.43. The van der Waals surface area contributed by atoms with Gasteiger partial charge in [-0.15, -0.1) is 0 Å². The molecule has 0 aliphatic carbocycles. The monoisotopic (exact) mass is 813 g/mol. The van der Waals surface area contributed by atoms with Crippen molar-refractivity contribution < 1.29 is 33.4 Å². The molecule has 3 aromatic rings. The zero-order chi connectivity index (χ0) is 43.6. The molecule has 1 heterocycles. The molecule has 0 fully saturated rings. The van der Waals surface area contributed by atoms with Gasteiger partial charge in [-0.05, 0) is 85.3 Å². The zero-order valence-electron chi connectivity index (χ0n) is 34.9. The Balaban J connectivity index is 0.00000300. The molecule has 1 aliphatic heterocycles. The molecule has 10 N–H and O–H groups in total. The highest BCUT2D eigenvalue weighted by Gasteiger charge is 2.33. The maximum absolute atomic E-state index is 14.2. The molecule has 16 nitrogen and oxygen atoms in total. The Hall–Kier alpha value is -6.02. The molecule has 318 valence electrons. The Labute approximate surface area is 346 Å². The number of amides is 5. The number of benzene rings is 3. The first-order valence-corrected chi connectivity index (χ1v) is 19.7. The number of aryl methyl sites for hydroxylation is 1. The largest absolute Gasteiger partial charge is 0.492 e. The van der Waals surface area contributed by atoms with Gasteiger partial charge in [-0.1, -0.05) is 45.0 Å². The molecule has 1 aliphatic rings. The highest BCUT2D eigenvalue weighted by molar-refractivity contribution is 5.99. The number of fused-ring (bicyclic) bond motifs is 5. The number of ether oxygens (including phenoxy) is 2. The summed E-state index contributed by atoms with van der Waals surface area (Å²) in [5, 5.41) is 19.7. The molecule has 5 amide bonds. The first-order valence-electron chi connectivity index (χ1n) is 19.7. The lowest BCUT2D eigenvalue weighted by atomic mass is 9.93. The first kappa shape index (κ1) is 47.4. The molecule has 2 unspecified atom stereocenters. The van der Waals surface area contributed by atoms with Crippen molar-refractivity contribution in [1.29, 1.82) is 5.26 Å². The molecule has 0 spiro atoms. The molecule has 0 saturated heterocycles. The van der Waals surface area contributed by atoms with Gasteiger partial charge in [0.1, 0.15) is 49.4 Å². The number of nitrogens with two attached hydrogens (primary N) is 3. The summed E-state index contributed by atoms with van der Waals surface area (Å²) in [6.07, 6.45) is 0.892. The lowest BCUT2D eigenvalue weighted by molar-refractivity contribution is -0.139. The number of hydrogen-bond donors (Lipinski definition) is 7. The second kappa shape index (κ2) is 23.4. The van der Waals surface area contributed by atoms with Gasteiger partial charge in [-0.2, -0.15) is 5.26 Å². The van der Waals surface area contributed by atoms with Crippen LogP contribution in [0.1, 0.15) is 66.3 Å². The van der Waals surface area contributed by atoms with E-state index < -0.39 is 54.2 Å². The van der Waals surface area contributed by atoms with Crippen molar-refractivity contribution in [2.24, 2.45) is 23.1 Å². The fourth-order valence-corrected chi connectivity index (χ4v) is 6.43. The van der Waals surface area contributed by atoms with Gasteiger partial charge < -0.3 is 52.8 Å². The van der Waals surface area contributed by atoms with Crippen LogP contribution in [-0.2, 0) is 32.0 Å². The topological polar surface area (TPSA) is 257 Å². The van der Waals surface area contributed by atoms with Crippen molar-refractivity contribution in [2.75, 3.05) is 53.0 Å². The molecule has 0 radical (unpaired) electrons. The van der Waals surface area contributed by atoms with Crippen LogP contribution in [-0.4, -0.2) is 99.5 Å². The van der Waals surface area contributed by atoms with E-state index in [-0.39, 0.29) is 39.3 Å². The van der Waals surface area contributed by atoms with Crippen LogP contribution in [0.2, 0.25) is 0 Å². The molecule has 3 aromatic carbocycles. The van der Waals surface area contributed by atoms with Crippen LogP contribution in [0.15, 0.2) is 54.6 Å². The minimum Gasteiger partial charge on any atom is -0.492 e. The van der Waals surface area contributed by atoms with E-state index in [4.69, 9.17) is 31.9 Å². The third-order valence-electron chi connectivity index (χ3n) is 9.18. The summed E-state index contributed by atoms with van der Waals surface area (Å²) in [4.78, 5) is 69.2. The fraction of sp³-hybridized carbons (Fsp3) is 0.442. The van der Waals surface area contributed by atoms with Crippen LogP contribution in [0.4, 0.5) is 0 Å². The minimum atomic E-state index is -1.30. The molecular formula is C43H59N9O7. The smallest absolute Gasteiger partial charge is 0.251 e. The Morgan fingerprint density at radius 3 is 2.14 bits per heavy atom. The highest BCUT2D eigenvalue weighted by Crippen LogP contribution is 2.40. The third kappa shape index (κ3) is 13.5. The van der Waals surface area contributed by atoms with Crippen molar-refractivity contribution >= 4 is 29.5 Å². The number of hydrogen-bond acceptors (Lipinski definition) is 11. The molecule has 0 aromatic heterocycles. The summed E-state index contributed by atoms with van der Waals surface area (Å²) >= 11 is 0. The normalized spacial score (nSPS) is 16.2. The Morgan fingerprint density at radius 1 is 0.915 bits per heavy atom. The van der Waals surface area contributed by atoms with E-state index in [0.717, 1.165) is 24.1 Å². The van der Waals surface area contributed by atoms with Crippen molar-refractivity contribution in [3.05, 3.63) is 82.4 Å². The van der Waals surface area contributed by atoms with Gasteiger partial charge in [-0.25, -0.2) is 0 Å². The molecule has 4 rings (SSSR count).